The molecule has 3 nitrogen and oxygen atoms in total. The SMILES string of the molecule is C1=Cc2ccccc2[N-]c2ccccc21.C1=[N+](c2ccccc2)c2ccccc2[N+]=1c1ccccc1.[Au+]. The van der Waals surface area contributed by atoms with Crippen LogP contribution in [0.15, 0.2) is 133 Å². The van der Waals surface area contributed by atoms with Crippen molar-refractivity contribution in [2.24, 2.45) is 0 Å². The molecule has 0 N–H and O–H groups in total. The summed E-state index contributed by atoms with van der Waals surface area (Å²) in [7, 11) is 0. The fourth-order valence-electron chi connectivity index (χ4n) is 4.37. The predicted molar refractivity (Wildman–Crippen MR) is 152 cm³/mol. The molecule has 0 saturated heterocycles. The van der Waals surface area contributed by atoms with Crippen LogP contribution in [0, 0.1) is 0 Å². The van der Waals surface area contributed by atoms with Gasteiger partial charge in [-0.05, 0) is 20.3 Å². The molecule has 37 heavy (non-hydrogen) atoms. The molecule has 0 radical (unpaired) electrons. The van der Waals surface area contributed by atoms with Crippen LogP contribution in [0.5, 0.6) is 0 Å². The first-order valence-corrected chi connectivity index (χ1v) is 12.0. The van der Waals surface area contributed by atoms with E-state index in [0.717, 1.165) is 34.1 Å². The van der Waals surface area contributed by atoms with Gasteiger partial charge in [-0.1, -0.05) is 109 Å². The average molecular weight is 660 g/mol. The van der Waals surface area contributed by atoms with Crippen LogP contribution in [-0.2, 0) is 22.4 Å². The van der Waals surface area contributed by atoms with Gasteiger partial charge in [0.2, 0.25) is 11.4 Å². The zero-order valence-electron chi connectivity index (χ0n) is 20.0. The number of benzene rings is 5. The largest absolute Gasteiger partial charge is 1.00 e. The Morgan fingerprint density at radius 1 is 0.432 bits per heavy atom. The molecule has 0 amide bonds. The van der Waals surface area contributed by atoms with E-state index in [1.165, 1.54) is 11.1 Å². The zero-order valence-corrected chi connectivity index (χ0v) is 22.2. The van der Waals surface area contributed by atoms with Gasteiger partial charge in [-0.3, -0.25) is 0 Å². The summed E-state index contributed by atoms with van der Waals surface area (Å²) >= 11 is 0. The summed E-state index contributed by atoms with van der Waals surface area (Å²) in [4.78, 5) is 0. The molecular formula is C33H24AuN3+2. The molecule has 2 aliphatic heterocycles. The first-order valence-electron chi connectivity index (χ1n) is 12.0. The van der Waals surface area contributed by atoms with Crippen LogP contribution in [0.1, 0.15) is 11.1 Å². The van der Waals surface area contributed by atoms with Gasteiger partial charge >= 0.3 is 28.4 Å². The molecule has 0 atom stereocenters. The number of nitrogens with zero attached hydrogens (tertiary/aromatic N) is 3. The Morgan fingerprint density at radius 2 is 0.811 bits per heavy atom. The minimum Gasteiger partial charge on any atom is -0.657 e. The molecule has 0 aliphatic carbocycles. The first kappa shape index (κ1) is 24.5. The summed E-state index contributed by atoms with van der Waals surface area (Å²) in [5.74, 6) is 0. The molecule has 0 unspecified atom stereocenters. The van der Waals surface area contributed by atoms with E-state index >= 15 is 0 Å². The zero-order chi connectivity index (χ0) is 24.2. The van der Waals surface area contributed by atoms with Gasteiger partial charge in [-0.25, -0.2) is 0 Å². The van der Waals surface area contributed by atoms with E-state index < -0.39 is 0 Å². The van der Waals surface area contributed by atoms with Gasteiger partial charge in [0.1, 0.15) is 0 Å². The van der Waals surface area contributed by atoms with E-state index in [1.807, 2.05) is 72.8 Å². The summed E-state index contributed by atoms with van der Waals surface area (Å²) in [5, 5.41) is 4.64. The quantitative estimate of drug-likeness (QED) is 0.130. The Balaban J connectivity index is 0.000000155. The third kappa shape index (κ3) is 5.17. The maximum atomic E-state index is 4.64. The number of rotatable bonds is 2. The molecule has 0 saturated carbocycles. The van der Waals surface area contributed by atoms with Crippen molar-refractivity contribution < 1.29 is 22.4 Å². The molecule has 7 rings (SSSR count). The van der Waals surface area contributed by atoms with Gasteiger partial charge in [0.15, 0.2) is 0 Å². The minimum atomic E-state index is 0. The molecule has 0 aromatic heterocycles. The number of para-hydroxylation sites is 6. The molecule has 0 fully saturated rings. The van der Waals surface area contributed by atoms with Gasteiger partial charge < -0.3 is 5.32 Å². The van der Waals surface area contributed by atoms with Crippen molar-refractivity contribution in [1.82, 2.24) is 9.15 Å². The number of hydrogen-bond donors (Lipinski definition) is 0. The van der Waals surface area contributed by atoms with E-state index in [9.17, 15) is 0 Å². The monoisotopic (exact) mass is 659 g/mol. The Hall–Kier alpha value is -4.24. The van der Waals surface area contributed by atoms with Crippen molar-refractivity contribution in [2.75, 3.05) is 0 Å². The third-order valence-corrected chi connectivity index (χ3v) is 6.15. The van der Waals surface area contributed by atoms with Gasteiger partial charge in [0, 0.05) is 36.4 Å². The van der Waals surface area contributed by atoms with Gasteiger partial charge in [0.25, 0.3) is 11.4 Å². The molecule has 2 aliphatic rings. The summed E-state index contributed by atoms with van der Waals surface area (Å²) in [6, 6.07) is 48.8. The second-order valence-corrected chi connectivity index (χ2v) is 8.49. The van der Waals surface area contributed by atoms with E-state index in [2.05, 4.69) is 93.3 Å². The number of hydrogen-bond acceptors (Lipinski definition) is 0. The van der Waals surface area contributed by atoms with Crippen LogP contribution >= 0.6 is 0 Å². The fraction of sp³-hybridized carbons (Fsp3) is 0. The standard InChI is InChI=1S/C19H14N2.C14H10N.Au/c1-3-9-16(10-4-1)20-15-21(17-11-5-2-6-12-17)19-14-8-7-13-18(19)20;1-3-7-13-11(5-1)9-10-12-6-2-4-8-14(12)15-13;/h1-14H;1-10H;/q+2;-1;+1. The fourth-order valence-corrected chi connectivity index (χ4v) is 4.37. The van der Waals surface area contributed by atoms with Crippen molar-refractivity contribution in [2.45, 2.75) is 0 Å². The van der Waals surface area contributed by atoms with E-state index in [1.54, 1.807) is 0 Å². The first-order chi connectivity index (χ1) is 17.9. The van der Waals surface area contributed by atoms with Crippen LogP contribution in [0.2, 0.25) is 0 Å². The van der Waals surface area contributed by atoms with Crippen LogP contribution < -0.4 is 9.15 Å². The topological polar surface area (TPSA) is 20.1 Å². The summed E-state index contributed by atoms with van der Waals surface area (Å²) in [5.41, 5.74) is 8.95. The van der Waals surface area contributed by atoms with E-state index in [0.29, 0.717) is 0 Å². The van der Waals surface area contributed by atoms with Crippen molar-refractivity contribution in [3.8, 4) is 0 Å². The second kappa shape index (κ2) is 11.2. The smallest absolute Gasteiger partial charge is 0.657 e. The molecule has 2 heterocycles. The molecule has 180 valence electrons. The summed E-state index contributed by atoms with van der Waals surface area (Å²) in [6.07, 6.45) is 4.23. The minimum absolute atomic E-state index is 0. The molecule has 0 spiro atoms. The summed E-state index contributed by atoms with van der Waals surface area (Å²) in [6.45, 7) is 0. The van der Waals surface area contributed by atoms with Gasteiger partial charge in [-0.2, -0.15) is 0 Å². The van der Waals surface area contributed by atoms with Crippen molar-refractivity contribution >= 4 is 52.3 Å². The van der Waals surface area contributed by atoms with Crippen molar-refractivity contribution in [3.05, 3.63) is 150 Å². The van der Waals surface area contributed by atoms with Crippen LogP contribution in [-0.4, -0.2) is 6.01 Å². The summed E-state index contributed by atoms with van der Waals surface area (Å²) < 4.78 is 4.20. The third-order valence-electron chi connectivity index (χ3n) is 6.15. The molecule has 5 aromatic carbocycles. The second-order valence-electron chi connectivity index (χ2n) is 8.49. The van der Waals surface area contributed by atoms with E-state index in [4.69, 9.17) is 0 Å². The average Bonchev–Trinajstić information content (AvgIpc) is 3.24. The van der Waals surface area contributed by atoms with E-state index in [-0.39, 0.29) is 22.4 Å². The van der Waals surface area contributed by atoms with Crippen LogP contribution in [0.4, 0.5) is 34.1 Å². The molecule has 5 aromatic rings. The molecule has 4 heteroatoms. The maximum absolute atomic E-state index is 4.64. The van der Waals surface area contributed by atoms with Gasteiger partial charge in [0.05, 0.1) is 0 Å². The Morgan fingerprint density at radius 3 is 1.27 bits per heavy atom. The predicted octanol–water partition coefficient (Wildman–Crippen LogP) is 9.05. The Kier molecular flexibility index (Phi) is 7.41. The maximum Gasteiger partial charge on any atom is 1.00 e. The van der Waals surface area contributed by atoms with Gasteiger partial charge in [-0.15, -0.1) is 11.4 Å². The Labute approximate surface area is 232 Å². The molecule has 0 bridgehead atoms. The molecular weight excluding hydrogens is 635 g/mol. The Bertz CT molecular complexity index is 1520. The van der Waals surface area contributed by atoms with Crippen LogP contribution in [0.3, 0.4) is 0 Å². The van der Waals surface area contributed by atoms with Crippen LogP contribution in [0.25, 0.3) is 17.5 Å². The normalized spacial score (nSPS) is 12.1. The number of fused-ring (bicyclic) bond motifs is 3. The van der Waals surface area contributed by atoms with Crippen molar-refractivity contribution in [3.63, 3.8) is 0 Å². The van der Waals surface area contributed by atoms with Crippen molar-refractivity contribution in [1.29, 1.82) is 0 Å².